The molecular formula is C12H17NO7S. The number of nitrogens with one attached hydrogen (secondary N) is 1. The number of ether oxygens (including phenoxy) is 1. The number of aliphatic hydroxyl groups excluding tert-OH is 3. The zero-order chi connectivity index (χ0) is 16.1. The SMILES string of the molecule is COC(=O)c1cccc(S(=O)(=O)NC(CO)(CO)CO)c1. The second kappa shape index (κ2) is 6.96. The van der Waals surface area contributed by atoms with Gasteiger partial charge in [-0.1, -0.05) is 6.07 Å². The molecule has 4 N–H and O–H groups in total. The lowest BCUT2D eigenvalue weighted by Gasteiger charge is -2.28. The van der Waals surface area contributed by atoms with Crippen molar-refractivity contribution in [2.75, 3.05) is 26.9 Å². The van der Waals surface area contributed by atoms with Crippen LogP contribution in [0.4, 0.5) is 0 Å². The van der Waals surface area contributed by atoms with E-state index < -0.39 is 41.4 Å². The lowest BCUT2D eigenvalue weighted by molar-refractivity contribution is 0.0579. The fraction of sp³-hybridized carbons (Fsp3) is 0.417. The van der Waals surface area contributed by atoms with Crippen molar-refractivity contribution in [3.05, 3.63) is 29.8 Å². The average Bonchev–Trinajstić information content (AvgIpc) is 2.52. The van der Waals surface area contributed by atoms with Gasteiger partial charge in [-0.15, -0.1) is 0 Å². The Labute approximate surface area is 122 Å². The molecule has 0 amide bonds. The van der Waals surface area contributed by atoms with Gasteiger partial charge >= 0.3 is 5.97 Å². The van der Waals surface area contributed by atoms with Crippen LogP contribution in [0.2, 0.25) is 0 Å². The molecule has 118 valence electrons. The van der Waals surface area contributed by atoms with Crippen LogP contribution in [-0.2, 0) is 14.8 Å². The number of sulfonamides is 1. The Morgan fingerprint density at radius 2 is 1.81 bits per heavy atom. The molecule has 0 aliphatic rings. The summed E-state index contributed by atoms with van der Waals surface area (Å²) >= 11 is 0. The van der Waals surface area contributed by atoms with E-state index in [9.17, 15) is 13.2 Å². The Morgan fingerprint density at radius 1 is 1.24 bits per heavy atom. The summed E-state index contributed by atoms with van der Waals surface area (Å²) < 4.78 is 30.9. The summed E-state index contributed by atoms with van der Waals surface area (Å²) in [5.41, 5.74) is -1.76. The summed E-state index contributed by atoms with van der Waals surface area (Å²) in [6.07, 6.45) is 0. The first kappa shape index (κ1) is 17.5. The first-order valence-electron chi connectivity index (χ1n) is 5.89. The molecule has 0 spiro atoms. The molecule has 0 fully saturated rings. The number of rotatable bonds is 7. The number of benzene rings is 1. The van der Waals surface area contributed by atoms with Crippen molar-refractivity contribution in [2.24, 2.45) is 0 Å². The van der Waals surface area contributed by atoms with Crippen LogP contribution in [0, 0.1) is 0 Å². The Kier molecular flexibility index (Phi) is 5.81. The van der Waals surface area contributed by atoms with Crippen LogP contribution in [0.25, 0.3) is 0 Å². The number of carbonyl (C=O) groups excluding carboxylic acids is 1. The fourth-order valence-electron chi connectivity index (χ4n) is 1.50. The smallest absolute Gasteiger partial charge is 0.337 e. The predicted molar refractivity (Wildman–Crippen MR) is 72.1 cm³/mol. The predicted octanol–water partition coefficient (Wildman–Crippen LogP) is -1.53. The minimum absolute atomic E-state index is 0.0305. The van der Waals surface area contributed by atoms with E-state index in [4.69, 9.17) is 15.3 Å². The van der Waals surface area contributed by atoms with Crippen molar-refractivity contribution < 1.29 is 33.3 Å². The lowest BCUT2D eigenvalue weighted by atomic mass is 10.1. The van der Waals surface area contributed by atoms with E-state index >= 15 is 0 Å². The summed E-state index contributed by atoms with van der Waals surface area (Å²) in [5, 5.41) is 27.4. The third-order valence-electron chi connectivity index (χ3n) is 2.82. The van der Waals surface area contributed by atoms with Crippen LogP contribution < -0.4 is 4.72 Å². The van der Waals surface area contributed by atoms with E-state index in [1.807, 2.05) is 4.72 Å². The average molecular weight is 319 g/mol. The third kappa shape index (κ3) is 3.99. The van der Waals surface area contributed by atoms with Gasteiger partial charge in [0.15, 0.2) is 0 Å². The number of methoxy groups -OCH3 is 1. The molecule has 0 saturated heterocycles. The molecule has 0 atom stereocenters. The molecule has 0 unspecified atom stereocenters. The maximum absolute atomic E-state index is 12.2. The molecule has 0 aromatic heterocycles. The van der Waals surface area contributed by atoms with Crippen LogP contribution in [-0.4, -0.2) is 62.2 Å². The molecule has 0 bridgehead atoms. The number of aliphatic hydroxyl groups is 3. The number of esters is 1. The maximum Gasteiger partial charge on any atom is 0.337 e. The number of hydrogen-bond acceptors (Lipinski definition) is 7. The van der Waals surface area contributed by atoms with Gasteiger partial charge in [0.1, 0.15) is 5.54 Å². The molecule has 0 radical (unpaired) electrons. The summed E-state index contributed by atoms with van der Waals surface area (Å²) in [6, 6.07) is 5.04. The standard InChI is InChI=1S/C12H17NO7S/c1-20-11(17)9-3-2-4-10(5-9)21(18,19)13-12(6-14,7-15)8-16/h2-5,13-16H,6-8H2,1H3. The highest BCUT2D eigenvalue weighted by molar-refractivity contribution is 7.89. The fourth-order valence-corrected chi connectivity index (χ4v) is 2.92. The molecular weight excluding hydrogens is 302 g/mol. The van der Waals surface area contributed by atoms with Crippen LogP contribution >= 0.6 is 0 Å². The molecule has 9 heteroatoms. The van der Waals surface area contributed by atoms with Gasteiger partial charge < -0.3 is 20.1 Å². The van der Waals surface area contributed by atoms with Gasteiger partial charge in [0.25, 0.3) is 0 Å². The Morgan fingerprint density at radius 3 is 2.29 bits per heavy atom. The second-order valence-corrected chi connectivity index (χ2v) is 6.06. The summed E-state index contributed by atoms with van der Waals surface area (Å²) in [4.78, 5) is 11.1. The highest BCUT2D eigenvalue weighted by atomic mass is 32.2. The number of hydrogen-bond donors (Lipinski definition) is 4. The summed E-state index contributed by atoms with van der Waals surface area (Å²) in [7, 11) is -2.99. The van der Waals surface area contributed by atoms with E-state index in [-0.39, 0.29) is 10.5 Å². The van der Waals surface area contributed by atoms with Gasteiger partial charge in [0, 0.05) is 0 Å². The van der Waals surface area contributed by atoms with Gasteiger partial charge in [0.2, 0.25) is 10.0 Å². The Balaban J connectivity index is 3.16. The molecule has 8 nitrogen and oxygen atoms in total. The first-order valence-corrected chi connectivity index (χ1v) is 7.37. The molecule has 0 aliphatic heterocycles. The van der Waals surface area contributed by atoms with Crippen molar-refractivity contribution in [2.45, 2.75) is 10.4 Å². The minimum atomic E-state index is -4.16. The van der Waals surface area contributed by atoms with E-state index in [1.165, 1.54) is 18.2 Å². The van der Waals surface area contributed by atoms with Crippen LogP contribution in [0.3, 0.4) is 0 Å². The zero-order valence-corrected chi connectivity index (χ0v) is 12.1. The molecule has 1 aromatic carbocycles. The molecule has 0 saturated carbocycles. The van der Waals surface area contributed by atoms with E-state index in [2.05, 4.69) is 4.74 Å². The molecule has 1 rings (SSSR count). The van der Waals surface area contributed by atoms with Crippen molar-refractivity contribution in [3.63, 3.8) is 0 Å². The normalized spacial score (nSPS) is 12.2. The quantitative estimate of drug-likeness (QED) is 0.448. The second-order valence-electron chi connectivity index (χ2n) is 4.38. The van der Waals surface area contributed by atoms with Crippen LogP contribution in [0.15, 0.2) is 29.2 Å². The van der Waals surface area contributed by atoms with Gasteiger partial charge in [-0.3, -0.25) is 0 Å². The van der Waals surface area contributed by atoms with E-state index in [1.54, 1.807) is 0 Å². The number of carbonyl (C=O) groups is 1. The van der Waals surface area contributed by atoms with Crippen LogP contribution in [0.5, 0.6) is 0 Å². The summed E-state index contributed by atoms with van der Waals surface area (Å²) in [5.74, 6) is -0.704. The third-order valence-corrected chi connectivity index (χ3v) is 4.40. The molecule has 1 aromatic rings. The van der Waals surface area contributed by atoms with Crippen molar-refractivity contribution >= 4 is 16.0 Å². The topological polar surface area (TPSA) is 133 Å². The minimum Gasteiger partial charge on any atom is -0.465 e. The van der Waals surface area contributed by atoms with Gasteiger partial charge in [0.05, 0.1) is 37.4 Å². The lowest BCUT2D eigenvalue weighted by Crippen LogP contribution is -2.56. The van der Waals surface area contributed by atoms with E-state index in [0.29, 0.717) is 0 Å². The first-order chi connectivity index (χ1) is 9.84. The Hall–Kier alpha value is -1.52. The van der Waals surface area contributed by atoms with Gasteiger partial charge in [-0.25, -0.2) is 13.2 Å². The molecule has 0 heterocycles. The zero-order valence-electron chi connectivity index (χ0n) is 11.3. The van der Waals surface area contributed by atoms with Crippen molar-refractivity contribution in [1.82, 2.24) is 4.72 Å². The summed E-state index contributed by atoms with van der Waals surface area (Å²) in [6.45, 7) is -2.39. The van der Waals surface area contributed by atoms with Crippen molar-refractivity contribution in [3.8, 4) is 0 Å². The largest absolute Gasteiger partial charge is 0.465 e. The van der Waals surface area contributed by atoms with Gasteiger partial charge in [-0.05, 0) is 18.2 Å². The molecule has 21 heavy (non-hydrogen) atoms. The monoisotopic (exact) mass is 319 g/mol. The van der Waals surface area contributed by atoms with Crippen molar-refractivity contribution in [1.29, 1.82) is 0 Å². The van der Waals surface area contributed by atoms with Gasteiger partial charge in [-0.2, -0.15) is 4.72 Å². The maximum atomic E-state index is 12.2. The Bertz CT molecular complexity index is 587. The van der Waals surface area contributed by atoms with E-state index in [0.717, 1.165) is 13.2 Å². The molecule has 0 aliphatic carbocycles. The highest BCUT2D eigenvalue weighted by Gasteiger charge is 2.34. The highest BCUT2D eigenvalue weighted by Crippen LogP contribution is 2.15. The van der Waals surface area contributed by atoms with Crippen LogP contribution in [0.1, 0.15) is 10.4 Å².